The summed E-state index contributed by atoms with van der Waals surface area (Å²) in [6.07, 6.45) is -0.564. The van der Waals surface area contributed by atoms with Gasteiger partial charge in [0, 0.05) is 23.0 Å². The Morgan fingerprint density at radius 2 is 1.95 bits per heavy atom. The maximum atomic E-state index is 12.6. The Bertz CT molecular complexity index is 632. The van der Waals surface area contributed by atoms with Gasteiger partial charge in [-0.1, -0.05) is 11.6 Å². The van der Waals surface area contributed by atoms with Crippen molar-refractivity contribution < 1.29 is 18.0 Å². The molecule has 0 radical (unpaired) electrons. The predicted octanol–water partition coefficient (Wildman–Crippen LogP) is 3.40. The third kappa shape index (κ3) is 3.45. The van der Waals surface area contributed by atoms with E-state index >= 15 is 0 Å². The van der Waals surface area contributed by atoms with Gasteiger partial charge in [0.1, 0.15) is 0 Å². The van der Waals surface area contributed by atoms with Gasteiger partial charge >= 0.3 is 6.18 Å². The Hall–Kier alpha value is -2.15. The summed E-state index contributed by atoms with van der Waals surface area (Å²) in [5.74, 6) is -0.621. The van der Waals surface area contributed by atoms with Crippen molar-refractivity contribution in [3.8, 4) is 0 Å². The van der Waals surface area contributed by atoms with Crippen LogP contribution in [-0.4, -0.2) is 15.9 Å². The number of hydrogen-bond acceptors (Lipinski definition) is 3. The highest BCUT2D eigenvalue weighted by Gasteiger charge is 2.31. The molecule has 0 aliphatic rings. The molecule has 0 aliphatic heterocycles. The van der Waals surface area contributed by atoms with Crippen LogP contribution in [0.5, 0.6) is 0 Å². The molecule has 0 unspecified atom stereocenters. The smallest absolute Gasteiger partial charge is 0.305 e. The Balaban J connectivity index is 2.29. The van der Waals surface area contributed by atoms with E-state index in [-0.39, 0.29) is 16.4 Å². The molecule has 1 aromatic heterocycles. The van der Waals surface area contributed by atoms with E-state index in [0.29, 0.717) is 0 Å². The van der Waals surface area contributed by atoms with Gasteiger partial charge in [-0.2, -0.15) is 13.2 Å². The van der Waals surface area contributed by atoms with E-state index in [4.69, 9.17) is 11.6 Å². The normalized spacial score (nSPS) is 11.2. The number of amides is 1. The molecule has 2 rings (SSSR count). The number of anilines is 1. The summed E-state index contributed by atoms with van der Waals surface area (Å²) in [5, 5.41) is 2.15. The molecule has 0 aliphatic carbocycles. The van der Waals surface area contributed by atoms with Crippen molar-refractivity contribution in [1.82, 2.24) is 9.97 Å². The fourth-order valence-corrected chi connectivity index (χ4v) is 1.67. The van der Waals surface area contributed by atoms with Crippen molar-refractivity contribution in [2.45, 2.75) is 6.18 Å². The average molecular weight is 302 g/mol. The third-order valence-electron chi connectivity index (χ3n) is 2.29. The molecule has 1 amide bonds. The van der Waals surface area contributed by atoms with Crippen LogP contribution in [0.15, 0.2) is 36.8 Å². The minimum Gasteiger partial charge on any atom is -0.305 e. The van der Waals surface area contributed by atoms with Gasteiger partial charge in [0.05, 0.1) is 11.8 Å². The molecule has 0 saturated carbocycles. The van der Waals surface area contributed by atoms with Crippen molar-refractivity contribution in [2.75, 3.05) is 5.32 Å². The first-order chi connectivity index (χ1) is 9.36. The molecule has 0 saturated heterocycles. The van der Waals surface area contributed by atoms with Crippen molar-refractivity contribution in [2.24, 2.45) is 0 Å². The van der Waals surface area contributed by atoms with Gasteiger partial charge in [-0.15, -0.1) is 0 Å². The molecular formula is C12H7ClF3N3O. The summed E-state index contributed by atoms with van der Waals surface area (Å²) in [4.78, 5) is 19.4. The fourth-order valence-electron chi connectivity index (χ4n) is 1.44. The van der Waals surface area contributed by atoms with Crippen LogP contribution in [0, 0.1) is 0 Å². The quantitative estimate of drug-likeness (QED) is 0.925. The molecule has 1 aromatic carbocycles. The van der Waals surface area contributed by atoms with E-state index in [1.54, 1.807) is 0 Å². The van der Waals surface area contributed by atoms with E-state index in [0.717, 1.165) is 18.2 Å². The first-order valence-electron chi connectivity index (χ1n) is 5.31. The molecule has 1 heterocycles. The zero-order valence-corrected chi connectivity index (χ0v) is 10.5. The van der Waals surface area contributed by atoms with Crippen LogP contribution < -0.4 is 5.32 Å². The predicted molar refractivity (Wildman–Crippen MR) is 66.4 cm³/mol. The summed E-state index contributed by atoms with van der Waals surface area (Å²) in [6.45, 7) is 0. The van der Waals surface area contributed by atoms with Crippen LogP contribution >= 0.6 is 11.6 Å². The number of rotatable bonds is 2. The second-order valence-electron chi connectivity index (χ2n) is 3.77. The summed E-state index contributed by atoms with van der Waals surface area (Å²) in [5.41, 5.74) is -1.20. The number of hydrogen-bond donors (Lipinski definition) is 1. The molecule has 0 fully saturated rings. The molecule has 0 bridgehead atoms. The Morgan fingerprint density at radius 1 is 1.20 bits per heavy atom. The maximum Gasteiger partial charge on any atom is 0.416 e. The van der Waals surface area contributed by atoms with E-state index in [2.05, 4.69) is 15.3 Å². The van der Waals surface area contributed by atoms with Crippen LogP contribution in [-0.2, 0) is 6.18 Å². The van der Waals surface area contributed by atoms with Crippen LogP contribution in [0.3, 0.4) is 0 Å². The van der Waals surface area contributed by atoms with Gasteiger partial charge in [0.25, 0.3) is 5.91 Å². The Morgan fingerprint density at radius 3 is 2.55 bits per heavy atom. The summed E-state index contributed by atoms with van der Waals surface area (Å²) in [7, 11) is 0. The van der Waals surface area contributed by atoms with E-state index in [9.17, 15) is 18.0 Å². The van der Waals surface area contributed by atoms with Gasteiger partial charge in [0.15, 0.2) is 5.82 Å². The fraction of sp³-hybridized carbons (Fsp3) is 0.0833. The zero-order valence-electron chi connectivity index (χ0n) is 9.78. The molecule has 104 valence electrons. The molecule has 20 heavy (non-hydrogen) atoms. The van der Waals surface area contributed by atoms with Crippen LogP contribution in [0.1, 0.15) is 15.9 Å². The highest BCUT2D eigenvalue weighted by molar-refractivity contribution is 6.31. The molecule has 2 aromatic rings. The third-order valence-corrected chi connectivity index (χ3v) is 2.51. The minimum atomic E-state index is -4.58. The Kier molecular flexibility index (Phi) is 3.89. The summed E-state index contributed by atoms with van der Waals surface area (Å²) < 4.78 is 37.9. The number of benzene rings is 1. The lowest BCUT2D eigenvalue weighted by Crippen LogP contribution is -2.15. The molecule has 0 spiro atoms. The van der Waals surface area contributed by atoms with E-state index in [1.807, 2.05) is 0 Å². The Labute approximate surface area is 116 Å². The molecule has 8 heteroatoms. The van der Waals surface area contributed by atoms with Crippen LogP contribution in [0.4, 0.5) is 19.0 Å². The van der Waals surface area contributed by atoms with Gasteiger partial charge < -0.3 is 5.32 Å². The van der Waals surface area contributed by atoms with Gasteiger partial charge in [-0.3, -0.25) is 9.78 Å². The van der Waals surface area contributed by atoms with E-state index in [1.165, 1.54) is 18.6 Å². The highest BCUT2D eigenvalue weighted by Crippen LogP contribution is 2.32. The van der Waals surface area contributed by atoms with Crippen molar-refractivity contribution in [1.29, 1.82) is 0 Å². The van der Waals surface area contributed by atoms with Crippen LogP contribution in [0.25, 0.3) is 0 Å². The maximum absolute atomic E-state index is 12.6. The van der Waals surface area contributed by atoms with Crippen molar-refractivity contribution in [3.63, 3.8) is 0 Å². The number of nitrogens with zero attached hydrogens (tertiary/aromatic N) is 2. The first kappa shape index (κ1) is 14.3. The summed E-state index contributed by atoms with van der Waals surface area (Å²) in [6, 6.07) is 2.61. The molecule has 4 nitrogen and oxygen atoms in total. The lowest BCUT2D eigenvalue weighted by Gasteiger charge is -2.10. The van der Waals surface area contributed by atoms with Crippen molar-refractivity contribution in [3.05, 3.63) is 52.9 Å². The SMILES string of the molecule is O=C(Nc1cnccn1)c1cc(Cl)cc(C(F)(F)F)c1. The number of alkyl halides is 3. The second kappa shape index (κ2) is 5.46. The molecule has 0 atom stereocenters. The average Bonchev–Trinajstić information content (AvgIpc) is 2.38. The van der Waals surface area contributed by atoms with Crippen molar-refractivity contribution >= 4 is 23.3 Å². The monoisotopic (exact) mass is 301 g/mol. The van der Waals surface area contributed by atoms with Crippen LogP contribution in [0.2, 0.25) is 5.02 Å². The standard InChI is InChI=1S/C12H7ClF3N3O/c13-9-4-7(3-8(5-9)12(14,15)16)11(20)19-10-6-17-1-2-18-10/h1-6H,(H,18,19,20). The number of carbonyl (C=O) groups is 1. The van der Waals surface area contributed by atoms with Gasteiger partial charge in [-0.05, 0) is 18.2 Å². The van der Waals surface area contributed by atoms with Gasteiger partial charge in [0.2, 0.25) is 0 Å². The minimum absolute atomic E-state index is 0.131. The lowest BCUT2D eigenvalue weighted by molar-refractivity contribution is -0.137. The van der Waals surface area contributed by atoms with Gasteiger partial charge in [-0.25, -0.2) is 4.98 Å². The molecule has 1 N–H and O–H groups in total. The highest BCUT2D eigenvalue weighted by atomic mass is 35.5. The lowest BCUT2D eigenvalue weighted by atomic mass is 10.1. The first-order valence-corrected chi connectivity index (χ1v) is 5.69. The second-order valence-corrected chi connectivity index (χ2v) is 4.21. The van der Waals surface area contributed by atoms with E-state index < -0.39 is 17.6 Å². The number of aromatic nitrogens is 2. The zero-order chi connectivity index (χ0) is 14.8. The number of carbonyl (C=O) groups excluding carboxylic acids is 1. The topological polar surface area (TPSA) is 54.9 Å². The largest absolute Gasteiger partial charge is 0.416 e. The molecular weight excluding hydrogens is 295 g/mol. The number of halogens is 4. The number of nitrogens with one attached hydrogen (secondary N) is 1. The summed E-state index contributed by atoms with van der Waals surface area (Å²) >= 11 is 5.60.